The highest BCUT2D eigenvalue weighted by Gasteiger charge is 2.32. The average Bonchev–Trinajstić information content (AvgIpc) is 3.07. The second kappa shape index (κ2) is 6.04. The van der Waals surface area contributed by atoms with Gasteiger partial charge in [-0.05, 0) is 31.5 Å². The van der Waals surface area contributed by atoms with Crippen LogP contribution in [0.4, 0.5) is 13.2 Å². The van der Waals surface area contributed by atoms with Gasteiger partial charge in [0.25, 0.3) is 0 Å². The van der Waals surface area contributed by atoms with E-state index in [0.717, 1.165) is 23.9 Å². The Kier molecular flexibility index (Phi) is 4.27. The maximum absolute atomic E-state index is 12.8. The molecule has 1 aliphatic heterocycles. The van der Waals surface area contributed by atoms with Crippen molar-refractivity contribution in [2.24, 2.45) is 0 Å². The summed E-state index contributed by atoms with van der Waals surface area (Å²) in [6.45, 7) is 0.869. The first kappa shape index (κ1) is 15.6. The number of hydrogen-bond acceptors (Lipinski definition) is 2. The average molecular weight is 374 g/mol. The normalized spacial score (nSPS) is 18.8. The first-order valence-electron chi connectivity index (χ1n) is 7.07. The molecule has 1 aromatic carbocycles. The molecule has 2 heterocycles. The van der Waals surface area contributed by atoms with Gasteiger partial charge in [0.2, 0.25) is 0 Å². The minimum atomic E-state index is -4.27. The third kappa shape index (κ3) is 3.52. The number of hydrogen-bond donors (Lipinski definition) is 2. The number of imidazole rings is 1. The summed E-state index contributed by atoms with van der Waals surface area (Å²) in [5.74, 6) is 0.592. The molecule has 0 aliphatic carbocycles. The lowest BCUT2D eigenvalue weighted by Crippen LogP contribution is -2.15. The van der Waals surface area contributed by atoms with E-state index in [9.17, 15) is 13.2 Å². The zero-order valence-corrected chi connectivity index (χ0v) is 13.3. The smallest absolute Gasteiger partial charge is 0.344 e. The fourth-order valence-electron chi connectivity index (χ4n) is 2.69. The van der Waals surface area contributed by atoms with Crippen LogP contribution >= 0.6 is 15.9 Å². The molecule has 0 bridgehead atoms. The van der Waals surface area contributed by atoms with E-state index in [2.05, 4.69) is 31.2 Å². The molecule has 22 heavy (non-hydrogen) atoms. The second-order valence-electron chi connectivity index (χ2n) is 5.40. The standard InChI is InChI=1S/C15H15BrF3N3/c16-10-5-3-9(4-6-10)13-12(8-15(17,18)19)21-14(22-13)11-2-1-7-20-11/h3-6,11,20H,1-2,7-8H2,(H,21,22)/t11-/m0/s1. The molecular weight excluding hydrogens is 359 g/mol. The molecule has 3 nitrogen and oxygen atoms in total. The first-order valence-corrected chi connectivity index (χ1v) is 7.86. The van der Waals surface area contributed by atoms with Crippen LogP contribution < -0.4 is 5.32 Å². The number of benzene rings is 1. The van der Waals surface area contributed by atoms with Crippen molar-refractivity contribution in [3.8, 4) is 11.3 Å². The second-order valence-corrected chi connectivity index (χ2v) is 6.31. The lowest BCUT2D eigenvalue weighted by molar-refractivity contribution is -0.127. The minimum absolute atomic E-state index is 0.0104. The van der Waals surface area contributed by atoms with Gasteiger partial charge in [0.15, 0.2) is 0 Å². The van der Waals surface area contributed by atoms with E-state index < -0.39 is 12.6 Å². The fraction of sp³-hybridized carbons (Fsp3) is 0.400. The van der Waals surface area contributed by atoms with Crippen LogP contribution in [0.1, 0.15) is 30.4 Å². The van der Waals surface area contributed by atoms with Crippen molar-refractivity contribution in [3.63, 3.8) is 0 Å². The Morgan fingerprint density at radius 1 is 1.23 bits per heavy atom. The number of aromatic amines is 1. The van der Waals surface area contributed by atoms with Gasteiger partial charge in [-0.2, -0.15) is 13.2 Å². The van der Waals surface area contributed by atoms with Crippen LogP contribution in [0.2, 0.25) is 0 Å². The highest BCUT2D eigenvalue weighted by molar-refractivity contribution is 9.10. The molecule has 1 aromatic heterocycles. The molecule has 1 aliphatic rings. The number of rotatable bonds is 3. The van der Waals surface area contributed by atoms with E-state index in [1.807, 2.05) is 0 Å². The number of nitrogens with zero attached hydrogens (tertiary/aromatic N) is 1. The van der Waals surface area contributed by atoms with Crippen molar-refractivity contribution in [1.29, 1.82) is 0 Å². The minimum Gasteiger partial charge on any atom is -0.344 e. The number of H-pyrrole nitrogens is 1. The Hall–Kier alpha value is -1.34. The highest BCUT2D eigenvalue weighted by atomic mass is 79.9. The van der Waals surface area contributed by atoms with Gasteiger partial charge in [-0.25, -0.2) is 4.98 Å². The molecular formula is C15H15BrF3N3. The first-order chi connectivity index (χ1) is 10.4. The third-order valence-electron chi connectivity index (χ3n) is 3.68. The summed E-state index contributed by atoms with van der Waals surface area (Å²) in [4.78, 5) is 7.33. The van der Waals surface area contributed by atoms with Crippen molar-refractivity contribution in [2.45, 2.75) is 31.5 Å². The third-order valence-corrected chi connectivity index (χ3v) is 4.21. The molecule has 0 unspecified atom stereocenters. The Morgan fingerprint density at radius 2 is 1.95 bits per heavy atom. The van der Waals surface area contributed by atoms with Crippen LogP contribution in [-0.2, 0) is 6.42 Å². The number of halogens is 4. The van der Waals surface area contributed by atoms with E-state index in [4.69, 9.17) is 0 Å². The van der Waals surface area contributed by atoms with Crippen LogP contribution in [0, 0.1) is 0 Å². The van der Waals surface area contributed by atoms with Gasteiger partial charge in [0.1, 0.15) is 5.82 Å². The Morgan fingerprint density at radius 3 is 2.55 bits per heavy atom. The predicted molar refractivity (Wildman–Crippen MR) is 81.5 cm³/mol. The summed E-state index contributed by atoms with van der Waals surface area (Å²) in [6, 6.07) is 7.15. The summed E-state index contributed by atoms with van der Waals surface area (Å²) in [6.07, 6.45) is -3.37. The zero-order valence-electron chi connectivity index (χ0n) is 11.7. The molecule has 0 amide bonds. The number of aromatic nitrogens is 2. The van der Waals surface area contributed by atoms with Gasteiger partial charge in [0.05, 0.1) is 23.9 Å². The Balaban J connectivity index is 1.99. The van der Waals surface area contributed by atoms with Crippen molar-refractivity contribution < 1.29 is 13.2 Å². The molecule has 2 N–H and O–H groups in total. The Labute approximate surface area is 134 Å². The summed E-state index contributed by atoms with van der Waals surface area (Å²) in [5.41, 5.74) is 1.19. The fourth-order valence-corrected chi connectivity index (χ4v) is 2.95. The van der Waals surface area contributed by atoms with Crippen molar-refractivity contribution in [1.82, 2.24) is 15.3 Å². The maximum Gasteiger partial charge on any atom is 0.394 e. The molecule has 3 rings (SSSR count). The lowest BCUT2D eigenvalue weighted by Gasteiger charge is -2.07. The number of nitrogens with one attached hydrogen (secondary N) is 2. The van der Waals surface area contributed by atoms with Crippen molar-refractivity contribution in [2.75, 3.05) is 6.54 Å². The molecule has 0 radical (unpaired) electrons. The molecule has 7 heteroatoms. The van der Waals surface area contributed by atoms with Crippen molar-refractivity contribution >= 4 is 15.9 Å². The van der Waals surface area contributed by atoms with Gasteiger partial charge in [-0.15, -0.1) is 0 Å². The molecule has 1 saturated heterocycles. The molecule has 2 aromatic rings. The molecule has 0 saturated carbocycles. The summed E-state index contributed by atoms with van der Waals surface area (Å²) in [5, 5.41) is 3.25. The predicted octanol–water partition coefficient (Wildman–Crippen LogP) is 4.37. The van der Waals surface area contributed by atoms with Crippen molar-refractivity contribution in [3.05, 3.63) is 40.3 Å². The lowest BCUT2D eigenvalue weighted by atomic mass is 10.1. The monoisotopic (exact) mass is 373 g/mol. The van der Waals surface area contributed by atoms with Crippen LogP contribution in [0.15, 0.2) is 28.7 Å². The van der Waals surface area contributed by atoms with Crippen LogP contribution in [0.3, 0.4) is 0 Å². The quantitative estimate of drug-likeness (QED) is 0.838. The molecule has 118 valence electrons. The van der Waals surface area contributed by atoms with Gasteiger partial charge in [0, 0.05) is 10.0 Å². The zero-order chi connectivity index (χ0) is 15.7. The SMILES string of the molecule is FC(F)(F)Cc1[nH]c([C@@H]2CCCN2)nc1-c1ccc(Br)cc1. The van der Waals surface area contributed by atoms with E-state index in [-0.39, 0.29) is 11.7 Å². The largest absolute Gasteiger partial charge is 0.394 e. The van der Waals surface area contributed by atoms with Crippen LogP contribution in [0.5, 0.6) is 0 Å². The van der Waals surface area contributed by atoms with E-state index in [1.165, 1.54) is 0 Å². The van der Waals surface area contributed by atoms with E-state index >= 15 is 0 Å². The summed E-state index contributed by atoms with van der Waals surface area (Å²) >= 11 is 3.33. The van der Waals surface area contributed by atoms with Gasteiger partial charge < -0.3 is 10.3 Å². The van der Waals surface area contributed by atoms with Gasteiger partial charge >= 0.3 is 6.18 Å². The highest BCUT2D eigenvalue weighted by Crippen LogP contribution is 2.31. The summed E-state index contributed by atoms with van der Waals surface area (Å²) < 4.78 is 39.3. The van der Waals surface area contributed by atoms with Crippen LogP contribution in [0.25, 0.3) is 11.3 Å². The van der Waals surface area contributed by atoms with Crippen LogP contribution in [-0.4, -0.2) is 22.7 Å². The van der Waals surface area contributed by atoms with E-state index in [0.29, 0.717) is 17.1 Å². The summed E-state index contributed by atoms with van der Waals surface area (Å²) in [7, 11) is 0. The van der Waals surface area contributed by atoms with Gasteiger partial charge in [-0.1, -0.05) is 28.1 Å². The Bertz CT molecular complexity index is 643. The number of alkyl halides is 3. The molecule has 0 spiro atoms. The molecule has 1 atom stereocenters. The maximum atomic E-state index is 12.8. The topological polar surface area (TPSA) is 40.7 Å². The van der Waals surface area contributed by atoms with Gasteiger partial charge in [-0.3, -0.25) is 0 Å². The van der Waals surface area contributed by atoms with E-state index in [1.54, 1.807) is 24.3 Å². The molecule has 1 fully saturated rings.